The number of ketones is 1. The van der Waals surface area contributed by atoms with Gasteiger partial charge in [-0.2, -0.15) is 5.26 Å². The van der Waals surface area contributed by atoms with Crippen molar-refractivity contribution in [2.45, 2.75) is 13.8 Å². The zero-order valence-corrected chi connectivity index (χ0v) is 11.3. The average Bonchev–Trinajstić information content (AvgIpc) is 2.22. The Balaban J connectivity index is 3.15. The molecule has 1 rings (SSSR count). The van der Waals surface area contributed by atoms with Crippen molar-refractivity contribution in [2.75, 3.05) is 0 Å². The van der Waals surface area contributed by atoms with Crippen LogP contribution >= 0.6 is 27.5 Å². The minimum absolute atomic E-state index is 0.0208. The van der Waals surface area contributed by atoms with Gasteiger partial charge in [-0.1, -0.05) is 31.5 Å². The molecule has 4 heteroatoms. The third-order valence-corrected chi connectivity index (χ3v) is 3.60. The summed E-state index contributed by atoms with van der Waals surface area (Å²) in [7, 11) is 0. The topological polar surface area (TPSA) is 40.9 Å². The average molecular weight is 301 g/mol. The summed E-state index contributed by atoms with van der Waals surface area (Å²) in [6.45, 7) is 3.69. The molecule has 0 fully saturated rings. The fourth-order valence-electron chi connectivity index (χ4n) is 1.37. The minimum Gasteiger partial charge on any atom is -0.293 e. The lowest BCUT2D eigenvalue weighted by atomic mass is 9.89. The SMILES string of the molecule is CC(C)C(C#N)C(=O)c1cccc(Br)c1Cl. The van der Waals surface area contributed by atoms with E-state index in [0.717, 1.165) is 0 Å². The maximum Gasteiger partial charge on any atom is 0.181 e. The summed E-state index contributed by atoms with van der Waals surface area (Å²) in [5.41, 5.74) is 0.399. The van der Waals surface area contributed by atoms with Gasteiger partial charge in [-0.25, -0.2) is 0 Å². The van der Waals surface area contributed by atoms with Crippen molar-refractivity contribution in [3.63, 3.8) is 0 Å². The molecule has 0 aromatic heterocycles. The molecule has 0 saturated carbocycles. The fourth-order valence-corrected chi connectivity index (χ4v) is 1.96. The van der Waals surface area contributed by atoms with Crippen molar-refractivity contribution in [1.29, 1.82) is 5.26 Å². The van der Waals surface area contributed by atoms with Crippen molar-refractivity contribution >= 4 is 33.3 Å². The Labute approximate surface area is 108 Å². The Kier molecular flexibility index (Phi) is 4.52. The first kappa shape index (κ1) is 13.2. The van der Waals surface area contributed by atoms with Crippen molar-refractivity contribution in [3.05, 3.63) is 33.3 Å². The van der Waals surface area contributed by atoms with Gasteiger partial charge in [0.25, 0.3) is 0 Å². The molecule has 2 nitrogen and oxygen atoms in total. The van der Waals surface area contributed by atoms with E-state index in [1.165, 1.54) is 0 Å². The lowest BCUT2D eigenvalue weighted by molar-refractivity contribution is 0.0924. The second-order valence-electron chi connectivity index (χ2n) is 3.82. The predicted octanol–water partition coefficient (Wildman–Crippen LogP) is 4.08. The van der Waals surface area contributed by atoms with Crippen LogP contribution in [0.5, 0.6) is 0 Å². The molecule has 1 aromatic rings. The van der Waals surface area contributed by atoms with Gasteiger partial charge in [0.1, 0.15) is 5.92 Å². The summed E-state index contributed by atoms with van der Waals surface area (Å²) in [4.78, 5) is 12.1. The molecule has 0 aliphatic rings. The number of hydrogen-bond donors (Lipinski definition) is 0. The highest BCUT2D eigenvalue weighted by atomic mass is 79.9. The van der Waals surface area contributed by atoms with Crippen LogP contribution in [0.4, 0.5) is 0 Å². The first-order valence-electron chi connectivity index (χ1n) is 4.87. The third-order valence-electron chi connectivity index (χ3n) is 2.31. The highest BCUT2D eigenvalue weighted by Crippen LogP contribution is 2.29. The second kappa shape index (κ2) is 5.47. The van der Waals surface area contributed by atoms with Crippen molar-refractivity contribution in [3.8, 4) is 6.07 Å². The zero-order valence-electron chi connectivity index (χ0n) is 9.00. The van der Waals surface area contributed by atoms with Gasteiger partial charge in [-0.3, -0.25) is 4.79 Å². The van der Waals surface area contributed by atoms with Gasteiger partial charge in [-0.05, 0) is 34.0 Å². The first-order chi connectivity index (χ1) is 7.49. The maximum atomic E-state index is 12.1. The van der Waals surface area contributed by atoms with Gasteiger partial charge < -0.3 is 0 Å². The smallest absolute Gasteiger partial charge is 0.181 e. The molecule has 0 radical (unpaired) electrons. The van der Waals surface area contributed by atoms with Crippen molar-refractivity contribution in [1.82, 2.24) is 0 Å². The van der Waals surface area contributed by atoms with Gasteiger partial charge in [0.05, 0.1) is 11.1 Å². The van der Waals surface area contributed by atoms with E-state index in [4.69, 9.17) is 16.9 Å². The lowest BCUT2D eigenvalue weighted by Crippen LogP contribution is -2.19. The van der Waals surface area contributed by atoms with Crippen LogP contribution in [0.1, 0.15) is 24.2 Å². The van der Waals surface area contributed by atoms with Gasteiger partial charge in [0.2, 0.25) is 0 Å². The summed E-state index contributed by atoms with van der Waals surface area (Å²) < 4.78 is 0.667. The van der Waals surface area contributed by atoms with E-state index in [9.17, 15) is 4.79 Å². The summed E-state index contributed by atoms with van der Waals surface area (Å²) in [6.07, 6.45) is 0. The monoisotopic (exact) mass is 299 g/mol. The number of carbonyl (C=O) groups is 1. The Hall–Kier alpha value is -0.850. The normalized spacial score (nSPS) is 12.2. The van der Waals surface area contributed by atoms with Crippen LogP contribution in [-0.2, 0) is 0 Å². The van der Waals surface area contributed by atoms with Crippen LogP contribution in [0.15, 0.2) is 22.7 Å². The van der Waals surface area contributed by atoms with Crippen LogP contribution < -0.4 is 0 Å². The molecular weight excluding hydrogens is 289 g/mol. The van der Waals surface area contributed by atoms with Crippen LogP contribution in [-0.4, -0.2) is 5.78 Å². The van der Waals surface area contributed by atoms with Gasteiger partial charge in [-0.15, -0.1) is 0 Å². The Morgan fingerprint density at radius 3 is 2.62 bits per heavy atom. The number of nitriles is 1. The molecule has 1 atom stereocenters. The lowest BCUT2D eigenvalue weighted by Gasteiger charge is -2.13. The standard InChI is InChI=1S/C12H11BrClNO/c1-7(2)9(6-15)12(16)8-4-3-5-10(13)11(8)14/h3-5,7,9H,1-2H3. The number of benzene rings is 1. The molecule has 0 aliphatic carbocycles. The Morgan fingerprint density at radius 2 is 2.12 bits per heavy atom. The van der Waals surface area contributed by atoms with E-state index in [1.54, 1.807) is 18.2 Å². The van der Waals surface area contributed by atoms with E-state index in [2.05, 4.69) is 15.9 Å². The Bertz CT molecular complexity index is 451. The third kappa shape index (κ3) is 2.63. The largest absolute Gasteiger partial charge is 0.293 e. The van der Waals surface area contributed by atoms with Crippen LogP contribution in [0.3, 0.4) is 0 Å². The minimum atomic E-state index is -0.646. The highest BCUT2D eigenvalue weighted by molar-refractivity contribution is 9.10. The van der Waals surface area contributed by atoms with Gasteiger partial charge >= 0.3 is 0 Å². The molecule has 0 spiro atoms. The maximum absolute atomic E-state index is 12.1. The zero-order chi connectivity index (χ0) is 12.3. The van der Waals surface area contributed by atoms with Gasteiger partial charge in [0, 0.05) is 10.0 Å². The van der Waals surface area contributed by atoms with Crippen LogP contribution in [0, 0.1) is 23.2 Å². The van der Waals surface area contributed by atoms with E-state index in [1.807, 2.05) is 19.9 Å². The molecule has 1 unspecified atom stereocenters. The molecule has 16 heavy (non-hydrogen) atoms. The summed E-state index contributed by atoms with van der Waals surface area (Å²) in [5, 5.41) is 9.33. The molecule has 0 heterocycles. The van der Waals surface area contributed by atoms with Crippen LogP contribution in [0.2, 0.25) is 5.02 Å². The van der Waals surface area contributed by atoms with Gasteiger partial charge in [0.15, 0.2) is 5.78 Å². The summed E-state index contributed by atoms with van der Waals surface area (Å²) >= 11 is 9.27. The molecule has 0 amide bonds. The number of rotatable bonds is 3. The van der Waals surface area contributed by atoms with E-state index in [0.29, 0.717) is 15.1 Å². The number of carbonyl (C=O) groups excluding carboxylic acids is 1. The molecule has 0 bridgehead atoms. The first-order valence-corrected chi connectivity index (χ1v) is 6.04. The molecule has 1 aromatic carbocycles. The van der Waals surface area contributed by atoms with Crippen LogP contribution in [0.25, 0.3) is 0 Å². The summed E-state index contributed by atoms with van der Waals surface area (Å²) in [5.74, 6) is -0.886. The molecule has 0 saturated heterocycles. The molecule has 84 valence electrons. The number of halogens is 2. The Morgan fingerprint density at radius 1 is 1.50 bits per heavy atom. The predicted molar refractivity (Wildman–Crippen MR) is 67.4 cm³/mol. The second-order valence-corrected chi connectivity index (χ2v) is 5.05. The number of Topliss-reactive ketones (excluding diaryl/α,β-unsaturated/α-hetero) is 1. The molecule has 0 aliphatic heterocycles. The molecular formula is C12H11BrClNO. The summed E-state index contributed by atoms with van der Waals surface area (Å²) in [6, 6.07) is 7.16. The van der Waals surface area contributed by atoms with Crippen molar-refractivity contribution < 1.29 is 4.79 Å². The van der Waals surface area contributed by atoms with E-state index in [-0.39, 0.29) is 11.7 Å². The molecule has 0 N–H and O–H groups in total. The fraction of sp³-hybridized carbons (Fsp3) is 0.333. The number of hydrogen-bond acceptors (Lipinski definition) is 2. The quantitative estimate of drug-likeness (QED) is 0.789. The van der Waals surface area contributed by atoms with E-state index < -0.39 is 5.92 Å². The highest BCUT2D eigenvalue weighted by Gasteiger charge is 2.25. The van der Waals surface area contributed by atoms with E-state index >= 15 is 0 Å². The number of nitrogens with zero attached hydrogens (tertiary/aromatic N) is 1. The van der Waals surface area contributed by atoms with Crippen molar-refractivity contribution in [2.24, 2.45) is 11.8 Å².